The van der Waals surface area contributed by atoms with Gasteiger partial charge in [0.15, 0.2) is 0 Å². The molecule has 2 rings (SSSR count). The third-order valence-electron chi connectivity index (χ3n) is 1.95. The second-order valence-corrected chi connectivity index (χ2v) is 2.53. The Balaban J connectivity index is 2.34. The van der Waals surface area contributed by atoms with Crippen molar-refractivity contribution in [3.05, 3.63) is 12.2 Å². The first-order chi connectivity index (χ1) is 4.92. The summed E-state index contributed by atoms with van der Waals surface area (Å²) in [6, 6.07) is 0.227. The van der Waals surface area contributed by atoms with Crippen LogP contribution in [-0.2, 0) is 6.42 Å². The summed E-state index contributed by atoms with van der Waals surface area (Å²) in [4.78, 5) is 0. The van der Waals surface area contributed by atoms with Gasteiger partial charge < -0.3 is 9.67 Å². The number of aryl methyl sites for hydroxylation is 1. The van der Waals surface area contributed by atoms with Gasteiger partial charge in [0.2, 0.25) is 0 Å². The van der Waals surface area contributed by atoms with E-state index in [1.165, 1.54) is 0 Å². The van der Waals surface area contributed by atoms with Crippen LogP contribution in [0, 0.1) is 0 Å². The molecule has 0 amide bonds. The second-order valence-electron chi connectivity index (χ2n) is 2.53. The van der Waals surface area contributed by atoms with Crippen molar-refractivity contribution in [2.75, 3.05) is 6.61 Å². The quantitative estimate of drug-likeness (QED) is 0.584. The van der Waals surface area contributed by atoms with Crippen molar-refractivity contribution in [1.82, 2.24) is 14.8 Å². The van der Waals surface area contributed by atoms with Crippen LogP contribution in [0.25, 0.3) is 0 Å². The van der Waals surface area contributed by atoms with Crippen molar-refractivity contribution in [2.24, 2.45) is 0 Å². The highest BCUT2D eigenvalue weighted by Gasteiger charge is 2.21. The Hall–Kier alpha value is -0.900. The fraction of sp³-hybridized carbons (Fsp3) is 0.667. The number of nitrogens with zero attached hydrogens (tertiary/aromatic N) is 3. The Labute approximate surface area is 58.5 Å². The predicted octanol–water partition coefficient (Wildman–Crippen LogP) is -0.242. The van der Waals surface area contributed by atoms with Crippen LogP contribution in [0.15, 0.2) is 6.33 Å². The number of hydrogen-bond donors (Lipinski definition) is 1. The van der Waals surface area contributed by atoms with E-state index in [-0.39, 0.29) is 12.6 Å². The molecule has 1 aromatic heterocycles. The molecular formula is C6H9N3O. The van der Waals surface area contributed by atoms with Crippen molar-refractivity contribution in [1.29, 1.82) is 0 Å². The summed E-state index contributed by atoms with van der Waals surface area (Å²) in [6.07, 6.45) is 3.63. The Kier molecular flexibility index (Phi) is 1.20. The standard InChI is InChI=1S/C6H9N3O/c10-3-5-1-2-6-8-7-4-9(5)6/h4-5,10H,1-3H2/t5-/m1/s1. The van der Waals surface area contributed by atoms with Crippen molar-refractivity contribution in [3.63, 3.8) is 0 Å². The first kappa shape index (κ1) is 5.85. The van der Waals surface area contributed by atoms with Gasteiger partial charge in [-0.2, -0.15) is 0 Å². The van der Waals surface area contributed by atoms with E-state index in [1.807, 2.05) is 4.57 Å². The number of aliphatic hydroxyl groups excluding tert-OH is 1. The average molecular weight is 139 g/mol. The Morgan fingerprint density at radius 2 is 2.70 bits per heavy atom. The fourth-order valence-electron chi connectivity index (χ4n) is 1.36. The van der Waals surface area contributed by atoms with Crippen LogP contribution in [-0.4, -0.2) is 26.5 Å². The molecule has 0 fully saturated rings. The molecule has 4 heteroatoms. The molecule has 1 N–H and O–H groups in total. The molecule has 0 aromatic carbocycles. The molecule has 1 aliphatic heterocycles. The molecule has 2 heterocycles. The van der Waals surface area contributed by atoms with Gasteiger partial charge in [-0.3, -0.25) is 0 Å². The monoisotopic (exact) mass is 139 g/mol. The molecule has 54 valence electrons. The van der Waals surface area contributed by atoms with Crippen LogP contribution in [0.4, 0.5) is 0 Å². The van der Waals surface area contributed by atoms with Crippen molar-refractivity contribution >= 4 is 0 Å². The van der Waals surface area contributed by atoms with Crippen molar-refractivity contribution < 1.29 is 5.11 Å². The molecule has 0 bridgehead atoms. The van der Waals surface area contributed by atoms with Crippen molar-refractivity contribution in [3.8, 4) is 0 Å². The maximum Gasteiger partial charge on any atom is 0.133 e. The lowest BCUT2D eigenvalue weighted by atomic mass is 10.2. The maximum absolute atomic E-state index is 8.85. The molecule has 10 heavy (non-hydrogen) atoms. The van der Waals surface area contributed by atoms with Crippen LogP contribution in [0.2, 0.25) is 0 Å². The molecule has 1 aromatic rings. The van der Waals surface area contributed by atoms with E-state index in [2.05, 4.69) is 10.2 Å². The normalized spacial score (nSPS) is 23.1. The predicted molar refractivity (Wildman–Crippen MR) is 34.5 cm³/mol. The number of rotatable bonds is 1. The summed E-state index contributed by atoms with van der Waals surface area (Å²) < 4.78 is 1.94. The molecular weight excluding hydrogens is 130 g/mol. The topological polar surface area (TPSA) is 50.9 Å². The van der Waals surface area contributed by atoms with Gasteiger partial charge in [-0.25, -0.2) is 0 Å². The molecule has 0 radical (unpaired) electrons. The SMILES string of the molecule is OC[C@H]1CCc2nncn21. The first-order valence-electron chi connectivity index (χ1n) is 3.41. The van der Waals surface area contributed by atoms with Gasteiger partial charge in [0.25, 0.3) is 0 Å². The van der Waals surface area contributed by atoms with E-state index < -0.39 is 0 Å². The minimum Gasteiger partial charge on any atom is -0.394 e. The molecule has 0 spiro atoms. The number of fused-ring (bicyclic) bond motifs is 1. The summed E-state index contributed by atoms with van der Waals surface area (Å²) in [7, 11) is 0. The first-order valence-corrected chi connectivity index (χ1v) is 3.41. The van der Waals surface area contributed by atoms with E-state index in [0.717, 1.165) is 18.7 Å². The maximum atomic E-state index is 8.85. The molecule has 0 saturated carbocycles. The largest absolute Gasteiger partial charge is 0.394 e. The summed E-state index contributed by atoms with van der Waals surface area (Å²) in [5.41, 5.74) is 0. The molecule has 4 nitrogen and oxygen atoms in total. The number of hydrogen-bond acceptors (Lipinski definition) is 3. The van der Waals surface area contributed by atoms with E-state index in [0.29, 0.717) is 0 Å². The zero-order chi connectivity index (χ0) is 6.97. The van der Waals surface area contributed by atoms with Gasteiger partial charge in [-0.15, -0.1) is 10.2 Å². The lowest BCUT2D eigenvalue weighted by molar-refractivity contribution is 0.232. The Morgan fingerprint density at radius 1 is 1.80 bits per heavy atom. The highest BCUT2D eigenvalue weighted by atomic mass is 16.3. The number of aromatic nitrogens is 3. The fourth-order valence-corrected chi connectivity index (χ4v) is 1.36. The molecule has 0 aliphatic carbocycles. The van der Waals surface area contributed by atoms with Crippen LogP contribution in [0.1, 0.15) is 18.3 Å². The van der Waals surface area contributed by atoms with Gasteiger partial charge >= 0.3 is 0 Å². The van der Waals surface area contributed by atoms with Gasteiger partial charge in [0.05, 0.1) is 12.6 Å². The molecule has 0 saturated heterocycles. The van der Waals surface area contributed by atoms with Crippen LogP contribution in [0.3, 0.4) is 0 Å². The average Bonchev–Trinajstić information content (AvgIpc) is 2.44. The molecule has 1 atom stereocenters. The van der Waals surface area contributed by atoms with Crippen LogP contribution >= 0.6 is 0 Å². The number of aliphatic hydroxyl groups is 1. The van der Waals surface area contributed by atoms with E-state index in [4.69, 9.17) is 5.11 Å². The lowest BCUT2D eigenvalue weighted by Gasteiger charge is -2.05. The van der Waals surface area contributed by atoms with Gasteiger partial charge in [0, 0.05) is 6.42 Å². The van der Waals surface area contributed by atoms with E-state index >= 15 is 0 Å². The zero-order valence-corrected chi connectivity index (χ0v) is 5.56. The van der Waals surface area contributed by atoms with Crippen LogP contribution < -0.4 is 0 Å². The van der Waals surface area contributed by atoms with E-state index in [1.54, 1.807) is 6.33 Å². The van der Waals surface area contributed by atoms with Gasteiger partial charge in [-0.05, 0) is 6.42 Å². The lowest BCUT2D eigenvalue weighted by Crippen LogP contribution is -2.06. The third kappa shape index (κ3) is 0.654. The highest BCUT2D eigenvalue weighted by Crippen LogP contribution is 2.22. The summed E-state index contributed by atoms with van der Waals surface area (Å²) in [5.74, 6) is 0.999. The van der Waals surface area contributed by atoms with Crippen LogP contribution in [0.5, 0.6) is 0 Å². The zero-order valence-electron chi connectivity index (χ0n) is 5.56. The second kappa shape index (κ2) is 2.05. The summed E-state index contributed by atoms with van der Waals surface area (Å²) in [6.45, 7) is 0.199. The summed E-state index contributed by atoms with van der Waals surface area (Å²) >= 11 is 0. The summed E-state index contributed by atoms with van der Waals surface area (Å²) in [5, 5.41) is 16.5. The minimum absolute atomic E-state index is 0.199. The van der Waals surface area contributed by atoms with Gasteiger partial charge in [-0.1, -0.05) is 0 Å². The highest BCUT2D eigenvalue weighted by molar-refractivity contribution is 4.96. The van der Waals surface area contributed by atoms with Crippen molar-refractivity contribution in [2.45, 2.75) is 18.9 Å². The minimum atomic E-state index is 0.199. The van der Waals surface area contributed by atoms with Gasteiger partial charge in [0.1, 0.15) is 12.2 Å². The van der Waals surface area contributed by atoms with E-state index in [9.17, 15) is 0 Å². The Bertz CT molecular complexity index is 233. The smallest absolute Gasteiger partial charge is 0.133 e. The molecule has 1 aliphatic rings. The molecule has 0 unspecified atom stereocenters. The third-order valence-corrected chi connectivity index (χ3v) is 1.95. The Morgan fingerprint density at radius 3 is 3.50 bits per heavy atom.